The first kappa shape index (κ1) is 32.2. The number of hydrogen-bond acceptors (Lipinski definition) is 10. The van der Waals surface area contributed by atoms with Crippen LogP contribution in [0.3, 0.4) is 0 Å². The largest absolute Gasteiger partial charge is 0.463 e. The fourth-order valence-corrected chi connectivity index (χ4v) is 4.54. The van der Waals surface area contributed by atoms with Crippen LogP contribution in [0.4, 0.5) is 0 Å². The topological polar surface area (TPSA) is 180 Å². The van der Waals surface area contributed by atoms with Crippen molar-refractivity contribution in [3.63, 3.8) is 0 Å². The SMILES string of the molecule is CCCCCCCCCCCCCC(=O)OCC(O)COC1O[C@H](CS(=O)(=O)O)[C@@H](O)[C@H](O)[C@H]1O. The molecular formula is C23H44O11S. The van der Waals surface area contributed by atoms with Gasteiger partial charge in [-0.05, 0) is 6.42 Å². The van der Waals surface area contributed by atoms with E-state index in [1.165, 1.54) is 44.9 Å². The molecule has 0 aromatic rings. The van der Waals surface area contributed by atoms with E-state index in [0.717, 1.165) is 19.3 Å². The normalized spacial score (nSPS) is 25.9. The molecule has 12 heteroatoms. The van der Waals surface area contributed by atoms with Crippen molar-refractivity contribution in [3.05, 3.63) is 0 Å². The quantitative estimate of drug-likeness (QED) is 0.0926. The summed E-state index contributed by atoms with van der Waals surface area (Å²) in [4.78, 5) is 11.8. The molecule has 0 amide bonds. The number of unbranched alkanes of at least 4 members (excludes halogenated alkanes) is 10. The number of ether oxygens (including phenoxy) is 3. The summed E-state index contributed by atoms with van der Waals surface area (Å²) in [6, 6.07) is 0. The number of aliphatic hydroxyl groups excluding tert-OH is 4. The van der Waals surface area contributed by atoms with Gasteiger partial charge in [-0.15, -0.1) is 0 Å². The number of aliphatic hydroxyl groups is 4. The van der Waals surface area contributed by atoms with Gasteiger partial charge in [-0.2, -0.15) is 8.42 Å². The average molecular weight is 529 g/mol. The highest BCUT2D eigenvalue weighted by Gasteiger charge is 2.45. The van der Waals surface area contributed by atoms with Crippen LogP contribution in [-0.2, 0) is 29.1 Å². The smallest absolute Gasteiger partial charge is 0.305 e. The molecule has 2 unspecified atom stereocenters. The molecule has 1 fully saturated rings. The molecular weight excluding hydrogens is 484 g/mol. The van der Waals surface area contributed by atoms with Gasteiger partial charge in [0, 0.05) is 6.42 Å². The molecule has 0 aromatic heterocycles. The zero-order valence-corrected chi connectivity index (χ0v) is 21.5. The fourth-order valence-electron chi connectivity index (χ4n) is 3.85. The summed E-state index contributed by atoms with van der Waals surface area (Å²) in [6.45, 7) is 1.41. The lowest BCUT2D eigenvalue weighted by atomic mass is 10.00. The van der Waals surface area contributed by atoms with E-state index in [0.29, 0.717) is 6.42 Å². The molecule has 1 rings (SSSR count). The van der Waals surface area contributed by atoms with Crippen molar-refractivity contribution in [1.82, 2.24) is 0 Å². The number of carbonyl (C=O) groups excluding carboxylic acids is 1. The highest BCUT2D eigenvalue weighted by Crippen LogP contribution is 2.23. The van der Waals surface area contributed by atoms with E-state index in [2.05, 4.69) is 6.92 Å². The molecule has 1 saturated heterocycles. The second kappa shape index (κ2) is 17.6. The van der Waals surface area contributed by atoms with Crippen LogP contribution < -0.4 is 0 Å². The van der Waals surface area contributed by atoms with Gasteiger partial charge in [0.1, 0.15) is 42.9 Å². The zero-order chi connectivity index (χ0) is 26.3. The summed E-state index contributed by atoms with van der Waals surface area (Å²) in [5, 5.41) is 39.6. The van der Waals surface area contributed by atoms with Crippen molar-refractivity contribution >= 4 is 16.1 Å². The molecule has 0 bridgehead atoms. The Morgan fingerprint density at radius 1 is 0.857 bits per heavy atom. The average Bonchev–Trinajstić information content (AvgIpc) is 2.80. The molecule has 0 aliphatic carbocycles. The molecule has 0 aromatic carbocycles. The fraction of sp³-hybridized carbons (Fsp3) is 0.957. The van der Waals surface area contributed by atoms with E-state index in [9.17, 15) is 33.6 Å². The Hall–Kier alpha value is -0.860. The lowest BCUT2D eigenvalue weighted by molar-refractivity contribution is -0.296. The number of esters is 1. The van der Waals surface area contributed by atoms with E-state index in [-0.39, 0.29) is 13.0 Å². The highest BCUT2D eigenvalue weighted by atomic mass is 32.2. The van der Waals surface area contributed by atoms with Gasteiger partial charge in [0.2, 0.25) is 0 Å². The maximum atomic E-state index is 11.8. The van der Waals surface area contributed by atoms with E-state index < -0.39 is 65.3 Å². The van der Waals surface area contributed by atoms with Crippen LogP contribution in [-0.4, -0.2) is 95.1 Å². The molecule has 0 spiro atoms. The van der Waals surface area contributed by atoms with Crippen LogP contribution in [0.15, 0.2) is 0 Å². The first-order valence-corrected chi connectivity index (χ1v) is 14.3. The Morgan fingerprint density at radius 2 is 1.40 bits per heavy atom. The number of carbonyl (C=O) groups is 1. The van der Waals surface area contributed by atoms with Gasteiger partial charge in [0.05, 0.1) is 6.61 Å². The maximum Gasteiger partial charge on any atom is 0.305 e. The first-order valence-electron chi connectivity index (χ1n) is 12.6. The molecule has 0 radical (unpaired) electrons. The van der Waals surface area contributed by atoms with Gasteiger partial charge < -0.3 is 34.6 Å². The lowest BCUT2D eigenvalue weighted by Gasteiger charge is -2.40. The third kappa shape index (κ3) is 14.5. The van der Waals surface area contributed by atoms with Crippen LogP contribution in [0.2, 0.25) is 0 Å². The Kier molecular flexibility index (Phi) is 16.1. The number of hydrogen-bond donors (Lipinski definition) is 5. The van der Waals surface area contributed by atoms with E-state index in [1.54, 1.807) is 0 Å². The predicted octanol–water partition coefficient (Wildman–Crippen LogP) is 1.30. The van der Waals surface area contributed by atoms with Crippen LogP contribution in [0, 0.1) is 0 Å². The third-order valence-corrected chi connectivity index (χ3v) is 6.67. The van der Waals surface area contributed by atoms with E-state index >= 15 is 0 Å². The van der Waals surface area contributed by atoms with Gasteiger partial charge in [0.25, 0.3) is 10.1 Å². The van der Waals surface area contributed by atoms with Crippen molar-refractivity contribution in [2.45, 2.75) is 121 Å². The summed E-state index contributed by atoms with van der Waals surface area (Å²) in [5.74, 6) is -1.46. The summed E-state index contributed by atoms with van der Waals surface area (Å²) in [7, 11) is -4.53. The monoisotopic (exact) mass is 528 g/mol. The van der Waals surface area contributed by atoms with Gasteiger partial charge in [-0.1, -0.05) is 71.1 Å². The maximum absolute atomic E-state index is 11.8. The highest BCUT2D eigenvalue weighted by molar-refractivity contribution is 7.85. The summed E-state index contributed by atoms with van der Waals surface area (Å²) < 4.78 is 46.3. The van der Waals surface area contributed by atoms with Gasteiger partial charge >= 0.3 is 5.97 Å². The van der Waals surface area contributed by atoms with Crippen molar-refractivity contribution in [2.24, 2.45) is 0 Å². The van der Waals surface area contributed by atoms with E-state index in [1.807, 2.05) is 0 Å². The zero-order valence-electron chi connectivity index (χ0n) is 20.7. The minimum Gasteiger partial charge on any atom is -0.463 e. The van der Waals surface area contributed by atoms with Crippen molar-refractivity contribution < 1.29 is 52.4 Å². The second-order valence-corrected chi connectivity index (χ2v) is 10.7. The Morgan fingerprint density at radius 3 is 1.94 bits per heavy atom. The molecule has 6 atom stereocenters. The first-order chi connectivity index (χ1) is 16.5. The van der Waals surface area contributed by atoms with Gasteiger partial charge in [-0.3, -0.25) is 9.35 Å². The molecule has 1 heterocycles. The summed E-state index contributed by atoms with van der Waals surface area (Å²) in [5.41, 5.74) is 0. The number of rotatable bonds is 19. The van der Waals surface area contributed by atoms with Crippen LogP contribution >= 0.6 is 0 Å². The molecule has 1 aliphatic rings. The molecule has 0 saturated carbocycles. The van der Waals surface area contributed by atoms with Gasteiger partial charge in [-0.25, -0.2) is 0 Å². The molecule has 1 aliphatic heterocycles. The Labute approximate surface area is 208 Å². The predicted molar refractivity (Wildman–Crippen MR) is 127 cm³/mol. The summed E-state index contributed by atoms with van der Waals surface area (Å²) >= 11 is 0. The van der Waals surface area contributed by atoms with Crippen molar-refractivity contribution in [1.29, 1.82) is 0 Å². The lowest BCUT2D eigenvalue weighted by Crippen LogP contribution is -2.60. The van der Waals surface area contributed by atoms with Crippen LogP contribution in [0.5, 0.6) is 0 Å². The standard InChI is InChI=1S/C23H44O11S/c1-2-3-4-5-6-7-8-9-10-11-12-13-19(25)32-14-17(24)15-33-23-22(28)21(27)20(26)18(34-23)16-35(29,30)31/h17-18,20-24,26-28H,2-16H2,1H3,(H,29,30,31)/t17?,18-,20-,21+,22-,23?/m1/s1. The van der Waals surface area contributed by atoms with Crippen molar-refractivity contribution in [3.8, 4) is 0 Å². The minimum atomic E-state index is -4.53. The van der Waals surface area contributed by atoms with Crippen LogP contribution in [0.1, 0.15) is 84.0 Å². The molecule has 208 valence electrons. The van der Waals surface area contributed by atoms with E-state index in [4.69, 9.17) is 18.8 Å². The van der Waals surface area contributed by atoms with Crippen LogP contribution in [0.25, 0.3) is 0 Å². The Balaban J connectivity index is 2.15. The molecule has 11 nitrogen and oxygen atoms in total. The second-order valence-electron chi connectivity index (χ2n) is 9.22. The van der Waals surface area contributed by atoms with Crippen molar-refractivity contribution in [2.75, 3.05) is 19.0 Å². The van der Waals surface area contributed by atoms with Gasteiger partial charge in [0.15, 0.2) is 6.29 Å². The molecule has 35 heavy (non-hydrogen) atoms. The third-order valence-electron chi connectivity index (χ3n) is 5.92. The summed E-state index contributed by atoms with van der Waals surface area (Å²) in [6.07, 6.45) is 3.43. The molecule has 5 N–H and O–H groups in total. The Bertz CT molecular complexity index is 672. The minimum absolute atomic E-state index is 0.246.